The van der Waals surface area contributed by atoms with Gasteiger partial charge in [-0.2, -0.15) is 0 Å². The van der Waals surface area contributed by atoms with E-state index in [1.54, 1.807) is 6.07 Å². The molecule has 0 saturated carbocycles. The van der Waals surface area contributed by atoms with Crippen molar-refractivity contribution in [2.75, 3.05) is 24.3 Å². The zero-order valence-corrected chi connectivity index (χ0v) is 17.8. The summed E-state index contributed by atoms with van der Waals surface area (Å²) in [5.74, 6) is -0.738. The summed E-state index contributed by atoms with van der Waals surface area (Å²) in [4.78, 5) is 28.8. The van der Waals surface area contributed by atoms with E-state index < -0.39 is 5.82 Å². The smallest absolute Gasteiger partial charge is 0.255 e. The number of carbonyl (C=O) groups excluding carboxylic acids is 2. The topological polar surface area (TPSA) is 52.7 Å². The maximum Gasteiger partial charge on any atom is 0.255 e. The molecular formula is C23H30FN3O2. The fraction of sp³-hybridized carbons (Fsp3) is 0.391. The molecule has 1 atom stereocenters. The molecule has 1 N–H and O–H groups in total. The van der Waals surface area contributed by atoms with Crippen LogP contribution in [0.15, 0.2) is 42.5 Å². The lowest BCUT2D eigenvalue weighted by Crippen LogP contribution is -2.37. The lowest BCUT2D eigenvalue weighted by Gasteiger charge is -2.30. The Morgan fingerprint density at radius 3 is 2.41 bits per heavy atom. The summed E-state index contributed by atoms with van der Waals surface area (Å²) in [6, 6.07) is 11.3. The summed E-state index contributed by atoms with van der Waals surface area (Å²) in [6.07, 6.45) is 1.30. The molecule has 6 heteroatoms. The number of benzene rings is 2. The summed E-state index contributed by atoms with van der Waals surface area (Å²) in [6.45, 7) is 6.42. The van der Waals surface area contributed by atoms with Crippen LogP contribution < -0.4 is 10.2 Å². The second-order valence-electron chi connectivity index (χ2n) is 7.33. The van der Waals surface area contributed by atoms with Gasteiger partial charge in [0.15, 0.2) is 0 Å². The molecule has 0 fully saturated rings. The number of nitrogens with one attached hydrogen (secondary N) is 1. The Morgan fingerprint density at radius 1 is 1.10 bits per heavy atom. The van der Waals surface area contributed by atoms with E-state index in [2.05, 4.69) is 12.2 Å². The van der Waals surface area contributed by atoms with Crippen LogP contribution in [0.4, 0.5) is 15.8 Å². The van der Waals surface area contributed by atoms with Crippen LogP contribution in [0.3, 0.4) is 0 Å². The number of amides is 2. The summed E-state index contributed by atoms with van der Waals surface area (Å²) in [5.41, 5.74) is 2.78. The summed E-state index contributed by atoms with van der Waals surface area (Å²) < 4.78 is 13.4. The normalized spacial score (nSPS) is 11.7. The molecule has 0 aliphatic heterocycles. The average molecular weight is 400 g/mol. The summed E-state index contributed by atoms with van der Waals surface area (Å²) in [7, 11) is 3.89. The first-order valence-electron chi connectivity index (χ1n) is 9.93. The van der Waals surface area contributed by atoms with Crippen molar-refractivity contribution < 1.29 is 14.0 Å². The molecule has 0 aliphatic carbocycles. The van der Waals surface area contributed by atoms with Gasteiger partial charge in [0.1, 0.15) is 5.82 Å². The Hall–Kier alpha value is -2.89. The standard InChI is InChI=1S/C23H30FN3O2/c1-6-16(3)27(22(28)7-2)15-18-14-20(11-12-21(18)26(4)5)25-23(29)17-9-8-10-19(24)13-17/h8-14,16H,6-7,15H2,1-5H3,(H,25,29). The second kappa shape index (κ2) is 10.0. The number of carbonyl (C=O) groups is 2. The van der Waals surface area contributed by atoms with E-state index >= 15 is 0 Å². The molecule has 2 aromatic carbocycles. The average Bonchev–Trinajstić information content (AvgIpc) is 2.70. The molecule has 5 nitrogen and oxygen atoms in total. The van der Waals surface area contributed by atoms with E-state index in [0.717, 1.165) is 17.7 Å². The second-order valence-corrected chi connectivity index (χ2v) is 7.33. The van der Waals surface area contributed by atoms with Crippen LogP contribution in [-0.4, -0.2) is 36.9 Å². The molecule has 0 radical (unpaired) electrons. The molecule has 29 heavy (non-hydrogen) atoms. The third-order valence-electron chi connectivity index (χ3n) is 4.99. The van der Waals surface area contributed by atoms with Crippen molar-refractivity contribution in [2.45, 2.75) is 46.2 Å². The molecule has 2 aromatic rings. The van der Waals surface area contributed by atoms with Crippen LogP contribution in [0.2, 0.25) is 0 Å². The minimum atomic E-state index is -0.455. The molecule has 0 saturated heterocycles. The van der Waals surface area contributed by atoms with Crippen LogP contribution in [0.5, 0.6) is 0 Å². The molecule has 0 heterocycles. The first-order valence-corrected chi connectivity index (χ1v) is 9.93. The van der Waals surface area contributed by atoms with Crippen molar-refractivity contribution in [3.05, 3.63) is 59.4 Å². The lowest BCUT2D eigenvalue weighted by atomic mass is 10.1. The molecule has 1 unspecified atom stereocenters. The molecule has 156 valence electrons. The Morgan fingerprint density at radius 2 is 1.83 bits per heavy atom. The van der Waals surface area contributed by atoms with Crippen molar-refractivity contribution in [1.29, 1.82) is 0 Å². The van der Waals surface area contributed by atoms with Gasteiger partial charge in [-0.15, -0.1) is 0 Å². The van der Waals surface area contributed by atoms with Crippen molar-refractivity contribution in [1.82, 2.24) is 4.90 Å². The molecule has 2 amide bonds. The Balaban J connectivity index is 2.33. The van der Waals surface area contributed by atoms with Crippen molar-refractivity contribution >= 4 is 23.2 Å². The van der Waals surface area contributed by atoms with E-state index in [1.807, 2.05) is 55.9 Å². The van der Waals surface area contributed by atoms with Gasteiger partial charge < -0.3 is 15.1 Å². The van der Waals surface area contributed by atoms with Crippen molar-refractivity contribution in [3.8, 4) is 0 Å². The van der Waals surface area contributed by atoms with E-state index in [0.29, 0.717) is 18.7 Å². The fourth-order valence-corrected chi connectivity index (χ4v) is 3.16. The minimum Gasteiger partial charge on any atom is -0.377 e. The maximum absolute atomic E-state index is 13.4. The van der Waals surface area contributed by atoms with Gasteiger partial charge in [-0.25, -0.2) is 4.39 Å². The fourth-order valence-electron chi connectivity index (χ4n) is 3.16. The van der Waals surface area contributed by atoms with Gasteiger partial charge in [0.05, 0.1) is 0 Å². The molecular weight excluding hydrogens is 369 g/mol. The summed E-state index contributed by atoms with van der Waals surface area (Å²) >= 11 is 0. The zero-order valence-electron chi connectivity index (χ0n) is 17.8. The Bertz CT molecular complexity index is 867. The monoisotopic (exact) mass is 399 g/mol. The molecule has 0 aliphatic rings. The van der Waals surface area contributed by atoms with Crippen molar-refractivity contribution in [2.24, 2.45) is 0 Å². The quantitative estimate of drug-likeness (QED) is 0.701. The Kier molecular flexibility index (Phi) is 7.76. The number of hydrogen-bond acceptors (Lipinski definition) is 3. The molecule has 2 rings (SSSR count). The van der Waals surface area contributed by atoms with Gasteiger partial charge in [-0.05, 0) is 55.3 Å². The predicted molar refractivity (Wildman–Crippen MR) is 116 cm³/mol. The van der Waals surface area contributed by atoms with Crippen LogP contribution >= 0.6 is 0 Å². The zero-order chi connectivity index (χ0) is 21.6. The van der Waals surface area contributed by atoms with Crippen LogP contribution in [-0.2, 0) is 11.3 Å². The van der Waals surface area contributed by atoms with Crippen LogP contribution in [0.25, 0.3) is 0 Å². The minimum absolute atomic E-state index is 0.0956. The van der Waals surface area contributed by atoms with Gasteiger partial charge in [-0.3, -0.25) is 9.59 Å². The van der Waals surface area contributed by atoms with Crippen LogP contribution in [0, 0.1) is 5.82 Å². The van der Waals surface area contributed by atoms with E-state index in [1.165, 1.54) is 18.2 Å². The van der Waals surface area contributed by atoms with E-state index in [-0.39, 0.29) is 23.4 Å². The van der Waals surface area contributed by atoms with Gasteiger partial charge in [0, 0.05) is 50.0 Å². The predicted octanol–water partition coefficient (Wildman–Crippen LogP) is 4.68. The highest BCUT2D eigenvalue weighted by Crippen LogP contribution is 2.26. The lowest BCUT2D eigenvalue weighted by molar-refractivity contribution is -0.133. The maximum atomic E-state index is 13.4. The number of halogens is 1. The first kappa shape index (κ1) is 22.4. The third-order valence-corrected chi connectivity index (χ3v) is 4.99. The summed E-state index contributed by atoms with van der Waals surface area (Å²) in [5, 5.41) is 2.82. The molecule has 0 spiro atoms. The third kappa shape index (κ3) is 5.79. The SMILES string of the molecule is CCC(=O)N(Cc1cc(NC(=O)c2cccc(F)c2)ccc1N(C)C)C(C)CC. The number of rotatable bonds is 8. The number of anilines is 2. The van der Waals surface area contributed by atoms with Gasteiger partial charge in [0.25, 0.3) is 5.91 Å². The van der Waals surface area contributed by atoms with Crippen molar-refractivity contribution in [3.63, 3.8) is 0 Å². The molecule has 0 aromatic heterocycles. The Labute approximate surface area is 172 Å². The largest absolute Gasteiger partial charge is 0.377 e. The first-order chi connectivity index (χ1) is 13.8. The van der Waals surface area contributed by atoms with Crippen LogP contribution in [0.1, 0.15) is 49.5 Å². The van der Waals surface area contributed by atoms with Gasteiger partial charge in [0.2, 0.25) is 5.91 Å². The van der Waals surface area contributed by atoms with E-state index in [9.17, 15) is 14.0 Å². The van der Waals surface area contributed by atoms with Gasteiger partial charge in [-0.1, -0.05) is 19.9 Å². The molecule has 0 bridgehead atoms. The highest BCUT2D eigenvalue weighted by Gasteiger charge is 2.20. The highest BCUT2D eigenvalue weighted by atomic mass is 19.1. The highest BCUT2D eigenvalue weighted by molar-refractivity contribution is 6.04. The van der Waals surface area contributed by atoms with E-state index in [4.69, 9.17) is 0 Å². The van der Waals surface area contributed by atoms with Gasteiger partial charge >= 0.3 is 0 Å². The number of hydrogen-bond donors (Lipinski definition) is 1. The number of nitrogens with zero attached hydrogens (tertiary/aromatic N) is 2.